The summed E-state index contributed by atoms with van der Waals surface area (Å²) in [5.41, 5.74) is 3.04. The van der Waals surface area contributed by atoms with E-state index in [1.54, 1.807) is 0 Å². The molecule has 1 aromatic carbocycles. The molecule has 100 valence electrons. The van der Waals surface area contributed by atoms with Crippen LogP contribution in [0.2, 0.25) is 0 Å². The molecule has 0 fully saturated rings. The molecule has 1 aliphatic rings. The molecule has 0 amide bonds. The molecule has 3 rings (SSSR count). The molecule has 3 heteroatoms. The minimum atomic E-state index is 0.359. The van der Waals surface area contributed by atoms with Gasteiger partial charge in [-0.25, -0.2) is 4.98 Å². The van der Waals surface area contributed by atoms with Gasteiger partial charge in [0.1, 0.15) is 5.01 Å². The normalized spacial score (nSPS) is 18.7. The van der Waals surface area contributed by atoms with Gasteiger partial charge in [0.05, 0.1) is 6.04 Å². The summed E-state index contributed by atoms with van der Waals surface area (Å²) in [5, 5.41) is 4.84. The highest BCUT2D eigenvalue weighted by Crippen LogP contribution is 2.34. The zero-order chi connectivity index (χ0) is 13.2. The monoisotopic (exact) mass is 272 g/mol. The summed E-state index contributed by atoms with van der Waals surface area (Å²) in [5.74, 6) is 0.684. The summed E-state index contributed by atoms with van der Waals surface area (Å²) < 4.78 is 0. The number of nitrogens with one attached hydrogen (secondary N) is 1. The Morgan fingerprint density at radius 3 is 3.00 bits per heavy atom. The predicted octanol–water partition coefficient (Wildman–Crippen LogP) is 3.70. The lowest BCUT2D eigenvalue weighted by molar-refractivity contribution is 0.488. The second-order valence-electron chi connectivity index (χ2n) is 5.25. The first-order valence-electron chi connectivity index (χ1n) is 7.03. The molecule has 0 bridgehead atoms. The third kappa shape index (κ3) is 2.58. The van der Waals surface area contributed by atoms with Crippen molar-refractivity contribution in [1.29, 1.82) is 0 Å². The van der Waals surface area contributed by atoms with Crippen LogP contribution >= 0.6 is 11.3 Å². The highest BCUT2D eigenvalue weighted by molar-refractivity contribution is 7.11. The molecular weight excluding hydrogens is 252 g/mol. The molecule has 1 heterocycles. The van der Waals surface area contributed by atoms with Gasteiger partial charge in [0.2, 0.25) is 0 Å². The van der Waals surface area contributed by atoms with Crippen LogP contribution in [0.25, 0.3) is 0 Å². The molecule has 0 saturated heterocycles. The van der Waals surface area contributed by atoms with Crippen LogP contribution in [0.15, 0.2) is 30.5 Å². The van der Waals surface area contributed by atoms with Crippen molar-refractivity contribution in [3.05, 3.63) is 51.5 Å². The Labute approximate surface area is 118 Å². The van der Waals surface area contributed by atoms with E-state index in [1.165, 1.54) is 27.4 Å². The first-order valence-corrected chi connectivity index (χ1v) is 7.85. The standard InChI is InChI=1S/C16H20N2S/c1-3-14-10-18-16(19-14)11(2)17-9-13-8-12-6-4-5-7-15(12)13/h4-7,10-11,13,17H,3,8-9H2,1-2H3. The molecular formula is C16H20N2S. The van der Waals surface area contributed by atoms with E-state index in [2.05, 4.69) is 48.4 Å². The summed E-state index contributed by atoms with van der Waals surface area (Å²) in [6, 6.07) is 9.13. The molecule has 2 unspecified atom stereocenters. The SMILES string of the molecule is CCc1cnc(C(C)NCC2Cc3ccccc32)s1. The fourth-order valence-corrected chi connectivity index (χ4v) is 3.52. The molecule has 0 aliphatic heterocycles. The van der Waals surface area contributed by atoms with Crippen LogP contribution in [-0.4, -0.2) is 11.5 Å². The van der Waals surface area contributed by atoms with Gasteiger partial charge in [-0.3, -0.25) is 0 Å². The third-order valence-corrected chi connectivity index (χ3v) is 5.25. The van der Waals surface area contributed by atoms with E-state index in [4.69, 9.17) is 0 Å². The zero-order valence-electron chi connectivity index (χ0n) is 11.5. The molecule has 0 spiro atoms. The van der Waals surface area contributed by atoms with E-state index in [9.17, 15) is 0 Å². The van der Waals surface area contributed by atoms with E-state index < -0.39 is 0 Å². The highest BCUT2D eigenvalue weighted by Gasteiger charge is 2.25. The smallest absolute Gasteiger partial charge is 0.109 e. The van der Waals surface area contributed by atoms with Crippen LogP contribution in [0, 0.1) is 0 Å². The Morgan fingerprint density at radius 2 is 2.26 bits per heavy atom. The highest BCUT2D eigenvalue weighted by atomic mass is 32.1. The van der Waals surface area contributed by atoms with Gasteiger partial charge in [0, 0.05) is 23.5 Å². The predicted molar refractivity (Wildman–Crippen MR) is 80.8 cm³/mol. The van der Waals surface area contributed by atoms with Crippen molar-refractivity contribution in [2.45, 2.75) is 38.6 Å². The molecule has 0 radical (unpaired) electrons. The quantitative estimate of drug-likeness (QED) is 0.898. The Kier molecular flexibility index (Phi) is 3.67. The maximum absolute atomic E-state index is 4.51. The third-order valence-electron chi connectivity index (χ3n) is 3.92. The molecule has 2 nitrogen and oxygen atoms in total. The largest absolute Gasteiger partial charge is 0.308 e. The lowest BCUT2D eigenvalue weighted by Crippen LogP contribution is -2.30. The van der Waals surface area contributed by atoms with Crippen molar-refractivity contribution >= 4 is 11.3 Å². The Morgan fingerprint density at radius 1 is 1.42 bits per heavy atom. The van der Waals surface area contributed by atoms with E-state index >= 15 is 0 Å². The van der Waals surface area contributed by atoms with Crippen molar-refractivity contribution in [2.24, 2.45) is 0 Å². The van der Waals surface area contributed by atoms with Crippen LogP contribution in [-0.2, 0) is 12.8 Å². The van der Waals surface area contributed by atoms with Crippen LogP contribution in [0.1, 0.15) is 46.8 Å². The van der Waals surface area contributed by atoms with Gasteiger partial charge in [-0.2, -0.15) is 0 Å². The van der Waals surface area contributed by atoms with E-state index in [-0.39, 0.29) is 0 Å². The fourth-order valence-electron chi connectivity index (χ4n) is 2.64. The Balaban J connectivity index is 1.56. The molecule has 1 aromatic heterocycles. The van der Waals surface area contributed by atoms with Gasteiger partial charge in [-0.05, 0) is 30.9 Å². The van der Waals surface area contributed by atoms with Crippen molar-refractivity contribution in [1.82, 2.24) is 10.3 Å². The minimum absolute atomic E-state index is 0.359. The molecule has 1 N–H and O–H groups in total. The van der Waals surface area contributed by atoms with Crippen molar-refractivity contribution in [3.8, 4) is 0 Å². The number of benzene rings is 1. The first-order chi connectivity index (χ1) is 9.28. The van der Waals surface area contributed by atoms with Gasteiger partial charge in [-0.15, -0.1) is 11.3 Å². The van der Waals surface area contributed by atoms with Crippen molar-refractivity contribution in [3.63, 3.8) is 0 Å². The fraction of sp³-hybridized carbons (Fsp3) is 0.438. The van der Waals surface area contributed by atoms with Crippen molar-refractivity contribution < 1.29 is 0 Å². The maximum Gasteiger partial charge on any atom is 0.109 e. The van der Waals surface area contributed by atoms with Crippen LogP contribution < -0.4 is 5.32 Å². The zero-order valence-corrected chi connectivity index (χ0v) is 12.3. The van der Waals surface area contributed by atoms with Gasteiger partial charge in [0.15, 0.2) is 0 Å². The molecule has 1 aliphatic carbocycles. The Bertz CT molecular complexity index is 561. The van der Waals surface area contributed by atoms with E-state index in [0.717, 1.165) is 13.0 Å². The van der Waals surface area contributed by atoms with Gasteiger partial charge in [-0.1, -0.05) is 31.2 Å². The van der Waals surface area contributed by atoms with Gasteiger partial charge in [0.25, 0.3) is 0 Å². The summed E-state index contributed by atoms with van der Waals surface area (Å²) in [6.45, 7) is 5.45. The van der Waals surface area contributed by atoms with Gasteiger partial charge >= 0.3 is 0 Å². The Hall–Kier alpha value is -1.19. The second-order valence-corrected chi connectivity index (χ2v) is 6.39. The van der Waals surface area contributed by atoms with Gasteiger partial charge < -0.3 is 5.32 Å². The molecule has 2 atom stereocenters. The van der Waals surface area contributed by atoms with E-state index in [1.807, 2.05) is 17.5 Å². The average molecular weight is 272 g/mol. The average Bonchev–Trinajstić information content (AvgIpc) is 2.88. The summed E-state index contributed by atoms with van der Waals surface area (Å²) in [6.07, 6.45) is 4.31. The van der Waals surface area contributed by atoms with Crippen LogP contribution in [0.4, 0.5) is 0 Å². The molecule has 2 aromatic rings. The van der Waals surface area contributed by atoms with Crippen molar-refractivity contribution in [2.75, 3.05) is 6.54 Å². The minimum Gasteiger partial charge on any atom is -0.308 e. The number of rotatable bonds is 5. The topological polar surface area (TPSA) is 24.9 Å². The number of hydrogen-bond donors (Lipinski definition) is 1. The number of nitrogens with zero attached hydrogens (tertiary/aromatic N) is 1. The lowest BCUT2D eigenvalue weighted by atomic mass is 9.77. The number of aryl methyl sites for hydroxylation is 1. The van der Waals surface area contributed by atoms with Crippen LogP contribution in [0.3, 0.4) is 0 Å². The van der Waals surface area contributed by atoms with Crippen LogP contribution in [0.5, 0.6) is 0 Å². The number of aromatic nitrogens is 1. The summed E-state index contributed by atoms with van der Waals surface area (Å²) >= 11 is 1.83. The van der Waals surface area contributed by atoms with E-state index in [0.29, 0.717) is 12.0 Å². The summed E-state index contributed by atoms with van der Waals surface area (Å²) in [4.78, 5) is 5.88. The second kappa shape index (κ2) is 5.43. The molecule has 0 saturated carbocycles. The summed E-state index contributed by atoms with van der Waals surface area (Å²) in [7, 11) is 0. The lowest BCUT2D eigenvalue weighted by Gasteiger charge is -2.31. The number of thiazole rings is 1. The molecule has 19 heavy (non-hydrogen) atoms. The first kappa shape index (κ1) is 12.8. The number of fused-ring (bicyclic) bond motifs is 1. The maximum atomic E-state index is 4.51. The number of hydrogen-bond acceptors (Lipinski definition) is 3.